The number of nitrogens with one attached hydrogen (secondary N) is 1. The summed E-state index contributed by atoms with van der Waals surface area (Å²) in [5.74, 6) is 0.565. The first kappa shape index (κ1) is 26.2. The summed E-state index contributed by atoms with van der Waals surface area (Å²) in [5.41, 5.74) is 4.24. The van der Waals surface area contributed by atoms with Crippen LogP contribution < -0.4 is 4.72 Å². The molecule has 0 fully saturated rings. The highest BCUT2D eigenvalue weighted by atomic mass is 32.2. The SMILES string of the molecule is CCCCn1c(SCCNS(=O)(=O)c2cccc3ccccc23)nc(-c2ccccc2)c1-c1ccccc1. The van der Waals surface area contributed by atoms with Crippen LogP contribution in [-0.2, 0) is 16.6 Å². The molecule has 0 aliphatic heterocycles. The zero-order valence-electron chi connectivity index (χ0n) is 21.4. The van der Waals surface area contributed by atoms with Crippen LogP contribution in [0.5, 0.6) is 0 Å². The molecular weight excluding hydrogens is 510 g/mol. The van der Waals surface area contributed by atoms with Crippen molar-refractivity contribution in [2.24, 2.45) is 0 Å². The molecule has 0 bridgehead atoms. The number of aromatic nitrogens is 2. The normalized spacial score (nSPS) is 11.7. The zero-order chi connectivity index (χ0) is 26.4. The lowest BCUT2D eigenvalue weighted by Gasteiger charge is -2.13. The Kier molecular flexibility index (Phi) is 8.27. The van der Waals surface area contributed by atoms with Crippen molar-refractivity contribution in [2.45, 2.75) is 36.4 Å². The molecule has 1 aromatic heterocycles. The van der Waals surface area contributed by atoms with Gasteiger partial charge in [0.05, 0.1) is 16.3 Å². The Morgan fingerprint density at radius 2 is 1.47 bits per heavy atom. The summed E-state index contributed by atoms with van der Waals surface area (Å²) in [4.78, 5) is 5.40. The molecule has 0 saturated carbocycles. The lowest BCUT2D eigenvalue weighted by atomic mass is 10.0. The van der Waals surface area contributed by atoms with Crippen molar-refractivity contribution in [1.82, 2.24) is 14.3 Å². The van der Waals surface area contributed by atoms with Crippen molar-refractivity contribution < 1.29 is 8.42 Å². The van der Waals surface area contributed by atoms with Gasteiger partial charge in [0.15, 0.2) is 5.16 Å². The molecule has 0 radical (unpaired) electrons. The van der Waals surface area contributed by atoms with E-state index in [1.807, 2.05) is 54.6 Å². The minimum absolute atomic E-state index is 0.304. The first-order valence-electron chi connectivity index (χ1n) is 12.9. The van der Waals surface area contributed by atoms with Crippen LogP contribution in [0.2, 0.25) is 0 Å². The molecule has 1 N–H and O–H groups in total. The quantitative estimate of drug-likeness (QED) is 0.141. The molecule has 1 heterocycles. The van der Waals surface area contributed by atoms with Gasteiger partial charge in [-0.3, -0.25) is 0 Å². The predicted molar refractivity (Wildman–Crippen MR) is 158 cm³/mol. The first-order valence-corrected chi connectivity index (χ1v) is 15.4. The number of fused-ring (bicyclic) bond motifs is 1. The van der Waals surface area contributed by atoms with Crippen LogP contribution in [-0.4, -0.2) is 30.3 Å². The van der Waals surface area contributed by atoms with Gasteiger partial charge in [-0.25, -0.2) is 18.1 Å². The number of hydrogen-bond donors (Lipinski definition) is 1. The highest BCUT2D eigenvalue weighted by Gasteiger charge is 2.21. The number of hydrogen-bond acceptors (Lipinski definition) is 4. The predicted octanol–water partition coefficient (Wildman–Crippen LogP) is 7.24. The zero-order valence-corrected chi connectivity index (χ0v) is 23.0. The van der Waals surface area contributed by atoms with E-state index in [-0.39, 0.29) is 0 Å². The van der Waals surface area contributed by atoms with Gasteiger partial charge in [-0.2, -0.15) is 0 Å². The Morgan fingerprint density at radius 3 is 2.21 bits per heavy atom. The summed E-state index contributed by atoms with van der Waals surface area (Å²) >= 11 is 1.59. The van der Waals surface area contributed by atoms with Crippen LogP contribution in [0.4, 0.5) is 0 Å². The van der Waals surface area contributed by atoms with Gasteiger partial charge in [-0.05, 0) is 17.9 Å². The molecule has 0 aliphatic carbocycles. The smallest absolute Gasteiger partial charge is 0.241 e. The van der Waals surface area contributed by atoms with Gasteiger partial charge in [0.25, 0.3) is 0 Å². The van der Waals surface area contributed by atoms with Gasteiger partial charge >= 0.3 is 0 Å². The van der Waals surface area contributed by atoms with E-state index in [0.29, 0.717) is 17.2 Å². The molecule has 5 aromatic rings. The Morgan fingerprint density at radius 1 is 0.816 bits per heavy atom. The fourth-order valence-electron chi connectivity index (χ4n) is 4.58. The molecule has 0 spiro atoms. The van der Waals surface area contributed by atoms with Crippen LogP contribution in [0.1, 0.15) is 19.8 Å². The number of imidazole rings is 1. The third-order valence-electron chi connectivity index (χ3n) is 6.43. The van der Waals surface area contributed by atoms with Crippen LogP contribution in [0.25, 0.3) is 33.3 Å². The van der Waals surface area contributed by atoms with Gasteiger partial charge in [0, 0.05) is 35.4 Å². The summed E-state index contributed by atoms with van der Waals surface area (Å²) < 4.78 is 31.4. The van der Waals surface area contributed by atoms with Gasteiger partial charge in [0.2, 0.25) is 10.0 Å². The monoisotopic (exact) mass is 541 g/mol. The highest BCUT2D eigenvalue weighted by Crippen LogP contribution is 2.36. The minimum Gasteiger partial charge on any atom is -0.318 e. The van der Waals surface area contributed by atoms with Crippen LogP contribution in [0.3, 0.4) is 0 Å². The maximum Gasteiger partial charge on any atom is 0.241 e. The van der Waals surface area contributed by atoms with E-state index in [9.17, 15) is 8.42 Å². The number of sulfonamides is 1. The molecule has 0 atom stereocenters. The molecule has 0 saturated heterocycles. The molecule has 4 aromatic carbocycles. The molecule has 0 amide bonds. The van der Waals surface area contributed by atoms with E-state index in [0.717, 1.165) is 57.8 Å². The Balaban J connectivity index is 1.40. The molecule has 7 heteroatoms. The topological polar surface area (TPSA) is 64.0 Å². The maximum atomic E-state index is 13.2. The average molecular weight is 542 g/mol. The van der Waals surface area contributed by atoms with E-state index in [2.05, 4.69) is 52.6 Å². The summed E-state index contributed by atoms with van der Waals surface area (Å²) in [6, 6.07) is 33.5. The maximum absolute atomic E-state index is 13.2. The molecule has 0 unspecified atom stereocenters. The Labute approximate surface area is 229 Å². The Bertz CT molecular complexity index is 1610. The number of benzene rings is 4. The van der Waals surface area contributed by atoms with Crippen molar-refractivity contribution in [3.8, 4) is 22.5 Å². The van der Waals surface area contributed by atoms with Crippen LogP contribution in [0.15, 0.2) is 113 Å². The largest absolute Gasteiger partial charge is 0.318 e. The Hall–Kier alpha value is -3.39. The average Bonchev–Trinajstić information content (AvgIpc) is 3.33. The lowest BCUT2D eigenvalue weighted by Crippen LogP contribution is -2.26. The van der Waals surface area contributed by atoms with Crippen molar-refractivity contribution >= 4 is 32.6 Å². The van der Waals surface area contributed by atoms with Crippen LogP contribution >= 0.6 is 11.8 Å². The summed E-state index contributed by atoms with van der Waals surface area (Å²) in [6.07, 6.45) is 2.10. The second-order valence-electron chi connectivity index (χ2n) is 9.05. The van der Waals surface area contributed by atoms with E-state index in [1.54, 1.807) is 23.9 Å². The van der Waals surface area contributed by atoms with E-state index < -0.39 is 10.0 Å². The van der Waals surface area contributed by atoms with E-state index in [4.69, 9.17) is 4.98 Å². The van der Waals surface area contributed by atoms with Gasteiger partial charge in [-0.15, -0.1) is 0 Å². The van der Waals surface area contributed by atoms with E-state index in [1.165, 1.54) is 0 Å². The highest BCUT2D eigenvalue weighted by molar-refractivity contribution is 7.99. The van der Waals surface area contributed by atoms with Crippen molar-refractivity contribution in [3.63, 3.8) is 0 Å². The van der Waals surface area contributed by atoms with Crippen molar-refractivity contribution in [3.05, 3.63) is 103 Å². The number of unbranched alkanes of at least 4 members (excludes halogenated alkanes) is 1. The number of nitrogens with zero attached hydrogens (tertiary/aromatic N) is 2. The van der Waals surface area contributed by atoms with Crippen molar-refractivity contribution in [1.29, 1.82) is 0 Å². The fourth-order valence-corrected chi connectivity index (χ4v) is 6.85. The van der Waals surface area contributed by atoms with Gasteiger partial charge < -0.3 is 4.57 Å². The summed E-state index contributed by atoms with van der Waals surface area (Å²) in [6.45, 7) is 3.34. The number of rotatable bonds is 11. The third-order valence-corrected chi connectivity index (χ3v) is 8.92. The summed E-state index contributed by atoms with van der Waals surface area (Å²) in [5, 5.41) is 2.54. The fraction of sp³-hybridized carbons (Fsp3) is 0.194. The second-order valence-corrected chi connectivity index (χ2v) is 11.8. The third kappa shape index (κ3) is 5.70. The number of thioether (sulfide) groups is 1. The minimum atomic E-state index is -3.65. The standard InChI is InChI=1S/C31H31N3O2S2/c1-2-3-22-34-30(26-16-8-5-9-17-26)29(25-14-6-4-7-15-25)33-31(34)37-23-21-32-38(35,36)28-20-12-18-24-13-10-11-19-27(24)28/h4-20,32H,2-3,21-23H2,1H3. The molecule has 5 nitrogen and oxygen atoms in total. The molecule has 194 valence electrons. The van der Waals surface area contributed by atoms with Crippen molar-refractivity contribution in [2.75, 3.05) is 12.3 Å². The molecule has 5 rings (SSSR count). The molecule has 38 heavy (non-hydrogen) atoms. The lowest BCUT2D eigenvalue weighted by molar-refractivity contribution is 0.584. The molecule has 0 aliphatic rings. The van der Waals surface area contributed by atoms with E-state index >= 15 is 0 Å². The molecular formula is C31H31N3O2S2. The second kappa shape index (κ2) is 12.0. The van der Waals surface area contributed by atoms with Gasteiger partial charge in [0.1, 0.15) is 0 Å². The van der Waals surface area contributed by atoms with Gasteiger partial charge in [-0.1, -0.05) is 122 Å². The van der Waals surface area contributed by atoms with Crippen LogP contribution in [0, 0.1) is 0 Å². The summed E-state index contributed by atoms with van der Waals surface area (Å²) in [7, 11) is -3.65. The first-order chi connectivity index (χ1) is 18.6.